The lowest BCUT2D eigenvalue weighted by atomic mass is 9.72. The molecule has 2 N–H and O–H groups in total. The molecule has 0 bridgehead atoms. The number of hydrogen-bond acceptors (Lipinski definition) is 1. The zero-order valence-electron chi connectivity index (χ0n) is 11.5. The van der Waals surface area contributed by atoms with Gasteiger partial charge in [-0.05, 0) is 48.1 Å². The second-order valence-corrected chi connectivity index (χ2v) is 5.69. The van der Waals surface area contributed by atoms with E-state index in [1.54, 1.807) is 0 Å². The van der Waals surface area contributed by atoms with E-state index in [1.807, 2.05) is 0 Å². The molecule has 0 heterocycles. The van der Waals surface area contributed by atoms with Crippen molar-refractivity contribution >= 4 is 0 Å². The lowest BCUT2D eigenvalue weighted by Crippen LogP contribution is -2.28. The maximum absolute atomic E-state index is 5.91. The van der Waals surface area contributed by atoms with Crippen LogP contribution in [-0.4, -0.2) is 6.54 Å². The number of benzene rings is 2. The minimum absolute atomic E-state index is 0.0540. The first-order chi connectivity index (χ1) is 9.25. The summed E-state index contributed by atoms with van der Waals surface area (Å²) in [6.07, 6.45) is 3.27. The summed E-state index contributed by atoms with van der Waals surface area (Å²) in [6.45, 7) is 3.07. The molecule has 2 aromatic carbocycles. The van der Waals surface area contributed by atoms with Crippen LogP contribution in [0.2, 0.25) is 0 Å². The van der Waals surface area contributed by atoms with Crippen molar-refractivity contribution in [2.45, 2.75) is 31.6 Å². The fourth-order valence-electron chi connectivity index (χ4n) is 3.53. The molecule has 0 fully saturated rings. The Labute approximate surface area is 115 Å². The van der Waals surface area contributed by atoms with Gasteiger partial charge in [0.05, 0.1) is 0 Å². The van der Waals surface area contributed by atoms with Crippen LogP contribution >= 0.6 is 0 Å². The van der Waals surface area contributed by atoms with Gasteiger partial charge in [-0.2, -0.15) is 0 Å². The summed E-state index contributed by atoms with van der Waals surface area (Å²) in [5, 5.41) is 0. The van der Waals surface area contributed by atoms with Crippen LogP contribution in [0.4, 0.5) is 0 Å². The van der Waals surface area contributed by atoms with Crippen molar-refractivity contribution in [3.63, 3.8) is 0 Å². The highest BCUT2D eigenvalue weighted by molar-refractivity contribution is 5.49. The van der Waals surface area contributed by atoms with Gasteiger partial charge in [-0.3, -0.25) is 0 Å². The standard InChI is InChI=1S/C18H21N/c1-18(12-13-19)16-8-4-2-6-14(16)10-11-15-7-3-5-9-17(15)18/h2-9H,10-13,19H2,1H3. The van der Waals surface area contributed by atoms with E-state index in [0.717, 1.165) is 25.8 Å². The Morgan fingerprint density at radius 1 is 0.895 bits per heavy atom. The van der Waals surface area contributed by atoms with E-state index in [2.05, 4.69) is 55.5 Å². The molecule has 2 aromatic rings. The van der Waals surface area contributed by atoms with Crippen LogP contribution in [0, 0.1) is 0 Å². The molecule has 0 aliphatic heterocycles. The number of nitrogens with two attached hydrogens (primary N) is 1. The number of hydrogen-bond donors (Lipinski definition) is 1. The smallest absolute Gasteiger partial charge is 0.0192 e. The molecule has 0 saturated carbocycles. The minimum atomic E-state index is 0.0540. The SMILES string of the molecule is CC1(CCN)c2ccccc2CCc2ccccc21. The fourth-order valence-corrected chi connectivity index (χ4v) is 3.53. The van der Waals surface area contributed by atoms with Gasteiger partial charge >= 0.3 is 0 Å². The molecule has 19 heavy (non-hydrogen) atoms. The van der Waals surface area contributed by atoms with Gasteiger partial charge in [0, 0.05) is 5.41 Å². The van der Waals surface area contributed by atoms with Crippen LogP contribution in [-0.2, 0) is 18.3 Å². The average molecular weight is 251 g/mol. The number of aryl methyl sites for hydroxylation is 2. The van der Waals surface area contributed by atoms with Crippen molar-refractivity contribution in [3.05, 3.63) is 70.8 Å². The topological polar surface area (TPSA) is 26.0 Å². The molecule has 0 amide bonds. The molecule has 0 atom stereocenters. The first-order valence-corrected chi connectivity index (χ1v) is 7.12. The molecular weight excluding hydrogens is 230 g/mol. The second kappa shape index (κ2) is 4.82. The highest BCUT2D eigenvalue weighted by Crippen LogP contribution is 2.41. The molecule has 1 nitrogen and oxygen atoms in total. The maximum Gasteiger partial charge on any atom is 0.0192 e. The third-order valence-corrected chi connectivity index (χ3v) is 4.53. The molecule has 1 aliphatic carbocycles. The predicted octanol–water partition coefficient (Wildman–Crippen LogP) is 3.44. The van der Waals surface area contributed by atoms with Crippen molar-refractivity contribution < 1.29 is 0 Å². The molecule has 0 saturated heterocycles. The molecular formula is C18H21N. The van der Waals surface area contributed by atoms with Gasteiger partial charge in [0.25, 0.3) is 0 Å². The van der Waals surface area contributed by atoms with Crippen molar-refractivity contribution in [1.29, 1.82) is 0 Å². The third-order valence-electron chi connectivity index (χ3n) is 4.53. The van der Waals surface area contributed by atoms with Gasteiger partial charge in [-0.1, -0.05) is 55.5 Å². The lowest BCUT2D eigenvalue weighted by Gasteiger charge is -2.32. The Hall–Kier alpha value is -1.60. The van der Waals surface area contributed by atoms with Crippen molar-refractivity contribution in [3.8, 4) is 0 Å². The van der Waals surface area contributed by atoms with Gasteiger partial charge in [0.1, 0.15) is 0 Å². The maximum atomic E-state index is 5.91. The van der Waals surface area contributed by atoms with Crippen LogP contribution in [0.5, 0.6) is 0 Å². The van der Waals surface area contributed by atoms with E-state index in [-0.39, 0.29) is 5.41 Å². The molecule has 0 spiro atoms. The monoisotopic (exact) mass is 251 g/mol. The van der Waals surface area contributed by atoms with Crippen LogP contribution in [0.1, 0.15) is 35.6 Å². The quantitative estimate of drug-likeness (QED) is 0.869. The summed E-state index contributed by atoms with van der Waals surface area (Å²) >= 11 is 0. The van der Waals surface area contributed by atoms with Crippen LogP contribution < -0.4 is 5.73 Å². The van der Waals surface area contributed by atoms with E-state index in [1.165, 1.54) is 22.3 Å². The van der Waals surface area contributed by atoms with Gasteiger partial charge in [0.15, 0.2) is 0 Å². The lowest BCUT2D eigenvalue weighted by molar-refractivity contribution is 0.525. The predicted molar refractivity (Wildman–Crippen MR) is 80.4 cm³/mol. The zero-order valence-corrected chi connectivity index (χ0v) is 11.5. The number of fused-ring (bicyclic) bond motifs is 2. The molecule has 3 rings (SSSR count). The van der Waals surface area contributed by atoms with Gasteiger partial charge < -0.3 is 5.73 Å². The summed E-state index contributed by atoms with van der Waals surface area (Å²) < 4.78 is 0. The molecule has 0 aromatic heterocycles. The van der Waals surface area contributed by atoms with Crippen LogP contribution in [0.25, 0.3) is 0 Å². The minimum Gasteiger partial charge on any atom is -0.330 e. The summed E-state index contributed by atoms with van der Waals surface area (Å²) in [4.78, 5) is 0. The zero-order chi connectivity index (χ0) is 13.3. The molecule has 0 radical (unpaired) electrons. The van der Waals surface area contributed by atoms with Crippen molar-refractivity contribution in [2.24, 2.45) is 5.73 Å². The van der Waals surface area contributed by atoms with E-state index in [9.17, 15) is 0 Å². The average Bonchev–Trinajstić information content (AvgIpc) is 2.57. The van der Waals surface area contributed by atoms with E-state index in [0.29, 0.717) is 0 Å². The third kappa shape index (κ3) is 1.98. The molecule has 1 heteroatoms. The van der Waals surface area contributed by atoms with Crippen molar-refractivity contribution in [2.75, 3.05) is 6.54 Å². The molecule has 0 unspecified atom stereocenters. The van der Waals surface area contributed by atoms with Crippen LogP contribution in [0.3, 0.4) is 0 Å². The molecule has 98 valence electrons. The Balaban J connectivity index is 2.25. The molecule has 1 aliphatic rings. The van der Waals surface area contributed by atoms with E-state index < -0.39 is 0 Å². The first kappa shape index (κ1) is 12.4. The largest absolute Gasteiger partial charge is 0.330 e. The van der Waals surface area contributed by atoms with Gasteiger partial charge in [-0.25, -0.2) is 0 Å². The highest BCUT2D eigenvalue weighted by Gasteiger charge is 2.33. The second-order valence-electron chi connectivity index (χ2n) is 5.69. The normalized spacial score (nSPS) is 16.3. The summed E-state index contributed by atoms with van der Waals surface area (Å²) in [5.41, 5.74) is 11.9. The van der Waals surface area contributed by atoms with Gasteiger partial charge in [-0.15, -0.1) is 0 Å². The van der Waals surface area contributed by atoms with E-state index in [4.69, 9.17) is 5.73 Å². The Morgan fingerprint density at radius 3 is 1.84 bits per heavy atom. The first-order valence-electron chi connectivity index (χ1n) is 7.12. The number of rotatable bonds is 2. The Kier molecular flexibility index (Phi) is 3.16. The summed E-state index contributed by atoms with van der Waals surface area (Å²) in [5.74, 6) is 0. The van der Waals surface area contributed by atoms with Crippen molar-refractivity contribution in [1.82, 2.24) is 0 Å². The Bertz CT molecular complexity index is 538. The fraction of sp³-hybridized carbons (Fsp3) is 0.333. The summed E-state index contributed by atoms with van der Waals surface area (Å²) in [6, 6.07) is 17.7. The summed E-state index contributed by atoms with van der Waals surface area (Å²) in [7, 11) is 0. The van der Waals surface area contributed by atoms with Gasteiger partial charge in [0.2, 0.25) is 0 Å². The van der Waals surface area contributed by atoms with E-state index >= 15 is 0 Å². The van der Waals surface area contributed by atoms with Crippen LogP contribution in [0.15, 0.2) is 48.5 Å². The highest BCUT2D eigenvalue weighted by atomic mass is 14.5. The Morgan fingerprint density at radius 2 is 1.37 bits per heavy atom.